The fourth-order valence-electron chi connectivity index (χ4n) is 2.26. The molecule has 0 aliphatic carbocycles. The maximum atomic E-state index is 12.2. The van der Waals surface area contributed by atoms with Crippen LogP contribution in [0.2, 0.25) is 0 Å². The van der Waals surface area contributed by atoms with Crippen LogP contribution in [-0.2, 0) is 16.0 Å². The Hall–Kier alpha value is -3.18. The molecule has 7 nitrogen and oxygen atoms in total. The number of para-hydroxylation sites is 1. The summed E-state index contributed by atoms with van der Waals surface area (Å²) in [6.45, 7) is 2.64. The lowest BCUT2D eigenvalue weighted by Crippen LogP contribution is -2.31. The van der Waals surface area contributed by atoms with Crippen molar-refractivity contribution in [1.29, 1.82) is 0 Å². The Labute approximate surface area is 152 Å². The highest BCUT2D eigenvalue weighted by Gasteiger charge is 2.22. The van der Waals surface area contributed by atoms with E-state index in [2.05, 4.69) is 10.0 Å². The van der Waals surface area contributed by atoms with E-state index in [0.717, 1.165) is 5.56 Å². The van der Waals surface area contributed by atoms with E-state index in [0.29, 0.717) is 31.1 Å². The van der Waals surface area contributed by atoms with E-state index >= 15 is 0 Å². The number of hydrogen-bond acceptors (Lipinski definition) is 5. The lowest BCUT2D eigenvalue weighted by Gasteiger charge is -2.18. The van der Waals surface area contributed by atoms with Crippen LogP contribution in [0.25, 0.3) is 10.4 Å². The van der Waals surface area contributed by atoms with Gasteiger partial charge in [0.1, 0.15) is 11.5 Å². The second-order valence-corrected chi connectivity index (χ2v) is 5.32. The molecule has 0 bridgehead atoms. The van der Waals surface area contributed by atoms with Gasteiger partial charge in [-0.3, -0.25) is 0 Å². The topological polar surface area (TPSA) is 93.5 Å². The van der Waals surface area contributed by atoms with Crippen LogP contribution in [0, 0.1) is 0 Å². The summed E-state index contributed by atoms with van der Waals surface area (Å²) in [7, 11) is 0. The molecule has 0 radical (unpaired) electrons. The average molecular weight is 355 g/mol. The van der Waals surface area contributed by atoms with Crippen LogP contribution < -0.4 is 9.47 Å². The van der Waals surface area contributed by atoms with E-state index in [9.17, 15) is 4.79 Å². The van der Waals surface area contributed by atoms with Crippen LogP contribution in [-0.4, -0.2) is 31.8 Å². The van der Waals surface area contributed by atoms with Crippen LogP contribution in [0.15, 0.2) is 59.7 Å². The zero-order chi connectivity index (χ0) is 18.6. The van der Waals surface area contributed by atoms with Crippen molar-refractivity contribution in [2.45, 2.75) is 19.4 Å². The minimum absolute atomic E-state index is 0.272. The third-order valence-electron chi connectivity index (χ3n) is 3.44. The molecule has 136 valence electrons. The smallest absolute Gasteiger partial charge is 0.347 e. The Kier molecular flexibility index (Phi) is 7.83. The number of hydrogen-bond donors (Lipinski definition) is 0. The summed E-state index contributed by atoms with van der Waals surface area (Å²) < 4.78 is 16.4. The molecule has 0 aromatic heterocycles. The summed E-state index contributed by atoms with van der Waals surface area (Å²) in [5, 5.41) is 3.41. The summed E-state index contributed by atoms with van der Waals surface area (Å²) in [6.07, 6.45) is -0.346. The lowest BCUT2D eigenvalue weighted by atomic mass is 10.1. The molecule has 0 aliphatic rings. The van der Waals surface area contributed by atoms with Gasteiger partial charge in [-0.1, -0.05) is 35.4 Å². The molecule has 0 N–H and O–H groups in total. The Balaban J connectivity index is 2.00. The van der Waals surface area contributed by atoms with Crippen LogP contribution in [0.3, 0.4) is 0 Å². The van der Waals surface area contributed by atoms with E-state index in [4.69, 9.17) is 19.7 Å². The zero-order valence-electron chi connectivity index (χ0n) is 14.6. The molecular formula is C19H21N3O4. The quantitative estimate of drug-likeness (QED) is 0.212. The first-order valence-corrected chi connectivity index (χ1v) is 8.34. The number of carbonyl (C=O) groups is 1. The second-order valence-electron chi connectivity index (χ2n) is 5.32. The van der Waals surface area contributed by atoms with Crippen molar-refractivity contribution in [1.82, 2.24) is 0 Å². The van der Waals surface area contributed by atoms with Gasteiger partial charge in [0.05, 0.1) is 19.8 Å². The minimum Gasteiger partial charge on any atom is -0.493 e. The minimum atomic E-state index is -0.728. The predicted molar refractivity (Wildman–Crippen MR) is 97.1 cm³/mol. The van der Waals surface area contributed by atoms with Crippen molar-refractivity contribution in [3.8, 4) is 11.5 Å². The third-order valence-corrected chi connectivity index (χ3v) is 3.44. The molecule has 0 saturated heterocycles. The van der Waals surface area contributed by atoms with E-state index in [-0.39, 0.29) is 6.54 Å². The Bertz CT molecular complexity index is 728. The molecule has 26 heavy (non-hydrogen) atoms. The molecule has 1 unspecified atom stereocenters. The molecule has 0 spiro atoms. The third kappa shape index (κ3) is 6.37. The van der Waals surface area contributed by atoms with Crippen molar-refractivity contribution >= 4 is 5.97 Å². The molecule has 0 amide bonds. The second kappa shape index (κ2) is 10.6. The van der Waals surface area contributed by atoms with Gasteiger partial charge in [-0.15, -0.1) is 0 Å². The van der Waals surface area contributed by atoms with Crippen LogP contribution >= 0.6 is 0 Å². The normalized spacial score (nSPS) is 11.1. The average Bonchev–Trinajstić information content (AvgIpc) is 2.67. The molecule has 0 aliphatic heterocycles. The summed E-state index contributed by atoms with van der Waals surface area (Å²) in [6, 6.07) is 16.5. The van der Waals surface area contributed by atoms with E-state index < -0.39 is 12.1 Å². The fourth-order valence-corrected chi connectivity index (χ4v) is 2.26. The molecule has 1 atom stereocenters. The van der Waals surface area contributed by atoms with Gasteiger partial charge in [-0.05, 0) is 42.3 Å². The first-order chi connectivity index (χ1) is 12.7. The van der Waals surface area contributed by atoms with Crippen molar-refractivity contribution < 1.29 is 19.0 Å². The van der Waals surface area contributed by atoms with Gasteiger partial charge in [-0.25, -0.2) is 4.79 Å². The molecule has 0 heterocycles. The number of esters is 1. The van der Waals surface area contributed by atoms with Crippen molar-refractivity contribution in [2.75, 3.05) is 19.8 Å². The lowest BCUT2D eigenvalue weighted by molar-refractivity contribution is -0.151. The number of azide groups is 1. The molecule has 2 aromatic rings. The number of benzene rings is 2. The summed E-state index contributed by atoms with van der Waals surface area (Å²) in [5.74, 6) is 0.883. The summed E-state index contributed by atoms with van der Waals surface area (Å²) >= 11 is 0. The van der Waals surface area contributed by atoms with Gasteiger partial charge in [0, 0.05) is 11.3 Å². The molecular weight excluding hydrogens is 334 g/mol. The van der Waals surface area contributed by atoms with E-state index in [1.54, 1.807) is 31.2 Å². The number of ether oxygens (including phenoxy) is 3. The molecule has 0 fully saturated rings. The molecule has 7 heteroatoms. The van der Waals surface area contributed by atoms with Gasteiger partial charge in [-0.2, -0.15) is 0 Å². The van der Waals surface area contributed by atoms with E-state index in [1.807, 2.05) is 30.3 Å². The van der Waals surface area contributed by atoms with Crippen molar-refractivity contribution in [3.05, 3.63) is 70.6 Å². The molecule has 2 aromatic carbocycles. The van der Waals surface area contributed by atoms with Gasteiger partial charge in [0.2, 0.25) is 0 Å². The monoisotopic (exact) mass is 355 g/mol. The highest BCUT2D eigenvalue weighted by Crippen LogP contribution is 2.17. The Morgan fingerprint density at radius 1 is 1.12 bits per heavy atom. The van der Waals surface area contributed by atoms with Gasteiger partial charge >= 0.3 is 5.97 Å². The molecule has 0 saturated carbocycles. The standard InChI is InChI=1S/C19H21N3O4/c1-2-24-19(23)18(26-17-6-4-3-5-7-17)14-15-8-10-16(11-9-15)25-13-12-21-22-20/h3-11,18H,2,12-14H2,1H3. The fraction of sp³-hybridized carbons (Fsp3) is 0.316. The zero-order valence-corrected chi connectivity index (χ0v) is 14.6. The number of rotatable bonds is 10. The van der Waals surface area contributed by atoms with Crippen LogP contribution in [0.1, 0.15) is 12.5 Å². The van der Waals surface area contributed by atoms with Gasteiger partial charge < -0.3 is 14.2 Å². The van der Waals surface area contributed by atoms with Crippen LogP contribution in [0.4, 0.5) is 0 Å². The highest BCUT2D eigenvalue weighted by molar-refractivity contribution is 5.75. The van der Waals surface area contributed by atoms with Crippen LogP contribution in [0.5, 0.6) is 11.5 Å². The predicted octanol–water partition coefficient (Wildman–Crippen LogP) is 3.93. The SMILES string of the molecule is CCOC(=O)C(Cc1ccc(OCCN=[N+]=[N-])cc1)Oc1ccccc1. The van der Waals surface area contributed by atoms with Gasteiger partial charge in [0.15, 0.2) is 6.10 Å². The highest BCUT2D eigenvalue weighted by atomic mass is 16.6. The van der Waals surface area contributed by atoms with Crippen molar-refractivity contribution in [2.24, 2.45) is 5.11 Å². The molecule has 2 rings (SSSR count). The Morgan fingerprint density at radius 3 is 2.50 bits per heavy atom. The number of carbonyl (C=O) groups excluding carboxylic acids is 1. The maximum Gasteiger partial charge on any atom is 0.347 e. The number of nitrogens with zero attached hydrogens (tertiary/aromatic N) is 3. The summed E-state index contributed by atoms with van der Waals surface area (Å²) in [4.78, 5) is 14.9. The largest absolute Gasteiger partial charge is 0.493 e. The van der Waals surface area contributed by atoms with Crippen molar-refractivity contribution in [3.63, 3.8) is 0 Å². The maximum absolute atomic E-state index is 12.2. The van der Waals surface area contributed by atoms with E-state index in [1.165, 1.54) is 0 Å². The first-order valence-electron chi connectivity index (χ1n) is 8.34. The summed E-state index contributed by atoms with van der Waals surface area (Å²) in [5.41, 5.74) is 9.14. The van der Waals surface area contributed by atoms with Gasteiger partial charge in [0.25, 0.3) is 0 Å². The first kappa shape index (κ1) is 19.1. The Morgan fingerprint density at radius 2 is 1.85 bits per heavy atom.